The normalized spacial score (nSPS) is 15.3. The number of nitrogens with one attached hydrogen (secondary N) is 1. The van der Waals surface area contributed by atoms with Gasteiger partial charge in [0.05, 0.1) is 0 Å². The number of rotatable bonds is 6. The molecule has 0 atom stereocenters. The number of aromatic amines is 1. The number of hydrogen-bond donors (Lipinski definition) is 2. The van der Waals surface area contributed by atoms with E-state index in [1.807, 2.05) is 23.1 Å². The lowest BCUT2D eigenvalue weighted by Crippen LogP contribution is -2.49. The Bertz CT molecular complexity index is 835. The van der Waals surface area contributed by atoms with E-state index in [1.54, 1.807) is 0 Å². The van der Waals surface area contributed by atoms with Crippen molar-refractivity contribution in [2.24, 2.45) is 0 Å². The quantitative estimate of drug-likeness (QED) is 0.812. The monoisotopic (exact) mass is 357 g/mol. The highest BCUT2D eigenvalue weighted by atomic mass is 16.2. The van der Waals surface area contributed by atoms with Crippen molar-refractivity contribution in [3.05, 3.63) is 56.7 Å². The van der Waals surface area contributed by atoms with Gasteiger partial charge in [0.1, 0.15) is 11.5 Å². The molecule has 2 aromatic rings. The lowest BCUT2D eigenvalue weighted by atomic mass is 10.2. The highest BCUT2D eigenvalue weighted by molar-refractivity contribution is 5.62. The fourth-order valence-electron chi connectivity index (χ4n) is 3.39. The predicted molar refractivity (Wildman–Crippen MR) is 105 cm³/mol. The largest absolute Gasteiger partial charge is 0.383 e. The first-order valence-corrected chi connectivity index (χ1v) is 9.24. The number of H-pyrrole nitrogens is 1. The second-order valence-electron chi connectivity index (χ2n) is 6.75. The van der Waals surface area contributed by atoms with E-state index < -0.39 is 11.2 Å². The molecule has 0 aliphatic carbocycles. The molecule has 3 N–H and O–H groups in total. The number of aromatic nitrogens is 2. The topological polar surface area (TPSA) is 87.4 Å². The molecule has 0 saturated carbocycles. The third kappa shape index (κ3) is 3.99. The van der Waals surface area contributed by atoms with Gasteiger partial charge in [-0.05, 0) is 12.0 Å². The summed E-state index contributed by atoms with van der Waals surface area (Å²) in [4.78, 5) is 31.2. The number of nitrogen functional groups attached to an aromatic ring is 1. The zero-order valence-corrected chi connectivity index (χ0v) is 15.3. The van der Waals surface area contributed by atoms with Crippen LogP contribution in [0.3, 0.4) is 0 Å². The van der Waals surface area contributed by atoms with Crippen LogP contribution in [0.15, 0.2) is 39.9 Å². The highest BCUT2D eigenvalue weighted by Crippen LogP contribution is 2.19. The maximum atomic E-state index is 12.4. The van der Waals surface area contributed by atoms with Crippen LogP contribution in [0.4, 0.5) is 11.5 Å². The molecule has 0 spiro atoms. The Morgan fingerprint density at radius 2 is 1.77 bits per heavy atom. The van der Waals surface area contributed by atoms with E-state index in [4.69, 9.17) is 5.73 Å². The molecule has 1 aliphatic heterocycles. The van der Waals surface area contributed by atoms with Crippen LogP contribution >= 0.6 is 0 Å². The van der Waals surface area contributed by atoms with Gasteiger partial charge in [0.25, 0.3) is 5.56 Å². The first-order chi connectivity index (χ1) is 12.6. The van der Waals surface area contributed by atoms with Crippen molar-refractivity contribution >= 4 is 11.5 Å². The molecular formula is C19H27N5O2. The van der Waals surface area contributed by atoms with E-state index in [-0.39, 0.29) is 5.82 Å². The minimum atomic E-state index is -0.424. The van der Waals surface area contributed by atoms with Crippen LogP contribution in [-0.4, -0.2) is 40.6 Å². The van der Waals surface area contributed by atoms with Gasteiger partial charge in [-0.15, -0.1) is 0 Å². The van der Waals surface area contributed by atoms with E-state index in [9.17, 15) is 9.59 Å². The van der Waals surface area contributed by atoms with Crippen molar-refractivity contribution in [3.63, 3.8) is 0 Å². The lowest BCUT2D eigenvalue weighted by Gasteiger charge is -2.36. The standard InChI is InChI=1S/C19H27N5O2/c1-2-3-9-24-17(20)16(18(25)21-19(24)26)23-12-10-22(11-13-23)14-15-7-5-4-6-8-15/h4-8H,2-3,9-14,20H2,1H3,(H,21,25,26). The molecule has 2 heterocycles. The van der Waals surface area contributed by atoms with Gasteiger partial charge in [0.2, 0.25) is 0 Å². The molecule has 140 valence electrons. The average molecular weight is 357 g/mol. The summed E-state index contributed by atoms with van der Waals surface area (Å²) < 4.78 is 1.48. The molecule has 7 heteroatoms. The maximum absolute atomic E-state index is 12.4. The van der Waals surface area contributed by atoms with E-state index >= 15 is 0 Å². The van der Waals surface area contributed by atoms with Crippen molar-refractivity contribution < 1.29 is 0 Å². The molecular weight excluding hydrogens is 330 g/mol. The van der Waals surface area contributed by atoms with Crippen molar-refractivity contribution in [2.75, 3.05) is 36.8 Å². The zero-order valence-electron chi connectivity index (χ0n) is 15.3. The first-order valence-electron chi connectivity index (χ1n) is 9.24. The van der Waals surface area contributed by atoms with Gasteiger partial charge in [-0.3, -0.25) is 19.2 Å². The number of benzene rings is 1. The summed E-state index contributed by atoms with van der Waals surface area (Å²) in [7, 11) is 0. The molecule has 1 fully saturated rings. The van der Waals surface area contributed by atoms with Gasteiger partial charge in [0, 0.05) is 39.3 Å². The van der Waals surface area contributed by atoms with Crippen LogP contribution in [-0.2, 0) is 13.1 Å². The van der Waals surface area contributed by atoms with E-state index in [0.29, 0.717) is 25.3 Å². The van der Waals surface area contributed by atoms with Crippen molar-refractivity contribution in [1.29, 1.82) is 0 Å². The van der Waals surface area contributed by atoms with E-state index in [0.717, 1.165) is 32.5 Å². The number of unbranched alkanes of at least 4 members (excludes halogenated alkanes) is 1. The third-order valence-electron chi connectivity index (χ3n) is 4.89. The molecule has 0 bridgehead atoms. The van der Waals surface area contributed by atoms with Gasteiger partial charge >= 0.3 is 5.69 Å². The van der Waals surface area contributed by atoms with Crippen LogP contribution in [0.2, 0.25) is 0 Å². The summed E-state index contributed by atoms with van der Waals surface area (Å²) in [6, 6.07) is 10.4. The summed E-state index contributed by atoms with van der Waals surface area (Å²) in [6.07, 6.45) is 1.80. The van der Waals surface area contributed by atoms with Crippen LogP contribution in [0, 0.1) is 0 Å². The Kier molecular flexibility index (Phi) is 5.78. The SMILES string of the molecule is CCCCn1c(N)c(N2CCN(Cc3ccccc3)CC2)c(=O)[nH]c1=O. The fourth-order valence-corrected chi connectivity index (χ4v) is 3.39. The van der Waals surface area contributed by atoms with Gasteiger partial charge in [0.15, 0.2) is 0 Å². The maximum Gasteiger partial charge on any atom is 0.330 e. The number of nitrogens with zero attached hydrogens (tertiary/aromatic N) is 3. The Hall–Kier alpha value is -2.54. The molecule has 26 heavy (non-hydrogen) atoms. The molecule has 1 aromatic heterocycles. The average Bonchev–Trinajstić information content (AvgIpc) is 2.63. The smallest absolute Gasteiger partial charge is 0.330 e. The van der Waals surface area contributed by atoms with Crippen molar-refractivity contribution in [3.8, 4) is 0 Å². The van der Waals surface area contributed by atoms with Crippen LogP contribution in [0.5, 0.6) is 0 Å². The number of hydrogen-bond acceptors (Lipinski definition) is 5. The number of anilines is 2. The molecule has 1 aliphatic rings. The third-order valence-corrected chi connectivity index (χ3v) is 4.89. The first kappa shape index (κ1) is 18.3. The predicted octanol–water partition coefficient (Wildman–Crippen LogP) is 1.24. The molecule has 1 saturated heterocycles. The van der Waals surface area contributed by atoms with Gasteiger partial charge in [-0.25, -0.2) is 4.79 Å². The van der Waals surface area contributed by atoms with Gasteiger partial charge < -0.3 is 10.6 Å². The Morgan fingerprint density at radius 3 is 2.42 bits per heavy atom. The molecule has 0 unspecified atom stereocenters. The Morgan fingerprint density at radius 1 is 1.08 bits per heavy atom. The summed E-state index contributed by atoms with van der Waals surface area (Å²) in [5.74, 6) is 0.281. The van der Waals surface area contributed by atoms with Crippen molar-refractivity contribution in [2.45, 2.75) is 32.9 Å². The second kappa shape index (κ2) is 8.23. The molecule has 3 rings (SSSR count). The fraction of sp³-hybridized carbons (Fsp3) is 0.474. The van der Waals surface area contributed by atoms with Crippen molar-refractivity contribution in [1.82, 2.24) is 14.5 Å². The molecule has 0 amide bonds. The van der Waals surface area contributed by atoms with E-state index in [2.05, 4.69) is 28.9 Å². The summed E-state index contributed by atoms with van der Waals surface area (Å²) in [5, 5.41) is 0. The second-order valence-corrected chi connectivity index (χ2v) is 6.75. The van der Waals surface area contributed by atoms with Gasteiger partial charge in [-0.2, -0.15) is 0 Å². The summed E-state index contributed by atoms with van der Waals surface area (Å²) in [6.45, 7) is 6.61. The lowest BCUT2D eigenvalue weighted by molar-refractivity contribution is 0.249. The summed E-state index contributed by atoms with van der Waals surface area (Å²) >= 11 is 0. The highest BCUT2D eigenvalue weighted by Gasteiger charge is 2.23. The van der Waals surface area contributed by atoms with Crippen LogP contribution in [0.25, 0.3) is 0 Å². The number of nitrogens with two attached hydrogens (primary N) is 1. The Labute approximate surface area is 153 Å². The van der Waals surface area contributed by atoms with E-state index in [1.165, 1.54) is 10.1 Å². The Balaban J connectivity index is 1.73. The van der Waals surface area contributed by atoms with Gasteiger partial charge in [-0.1, -0.05) is 43.7 Å². The van der Waals surface area contributed by atoms with Crippen LogP contribution in [0.1, 0.15) is 25.3 Å². The molecule has 7 nitrogen and oxygen atoms in total. The molecule has 1 aromatic carbocycles. The summed E-state index contributed by atoms with van der Waals surface area (Å²) in [5.41, 5.74) is 7.10. The number of piperazine rings is 1. The van der Waals surface area contributed by atoms with Crippen LogP contribution < -0.4 is 21.9 Å². The minimum Gasteiger partial charge on any atom is -0.383 e. The zero-order chi connectivity index (χ0) is 18.5. The molecule has 0 radical (unpaired) electrons. The minimum absolute atomic E-state index is 0.281.